The number of H-pyrrole nitrogens is 1. The van der Waals surface area contributed by atoms with E-state index in [-0.39, 0.29) is 24.8 Å². The molecule has 3 aliphatic rings. The maximum absolute atomic E-state index is 15.4. The first kappa shape index (κ1) is 19.8. The summed E-state index contributed by atoms with van der Waals surface area (Å²) in [6, 6.07) is 3.11. The van der Waals surface area contributed by atoms with Crippen molar-refractivity contribution in [3.05, 3.63) is 29.3 Å². The van der Waals surface area contributed by atoms with Crippen LogP contribution in [-0.4, -0.2) is 53.0 Å². The molecule has 2 saturated heterocycles. The molecular weight excluding hydrogens is 397 g/mol. The molecule has 30 heavy (non-hydrogen) atoms. The molecule has 6 nitrogen and oxygen atoms in total. The second-order valence-corrected chi connectivity index (χ2v) is 8.86. The van der Waals surface area contributed by atoms with Gasteiger partial charge in [0.05, 0.1) is 43.8 Å². The molecule has 3 N–H and O–H groups in total. The molecule has 162 valence electrons. The van der Waals surface area contributed by atoms with Crippen LogP contribution in [0.25, 0.3) is 11.0 Å². The molecule has 3 atom stereocenters. The number of likely N-dealkylation sites (tertiary alicyclic amines) is 1. The zero-order valence-electron chi connectivity index (χ0n) is 16.5. The first-order valence-corrected chi connectivity index (χ1v) is 10.5. The van der Waals surface area contributed by atoms with Gasteiger partial charge in [-0.05, 0) is 30.4 Å². The number of aromatic amines is 1. The molecule has 3 fully saturated rings. The van der Waals surface area contributed by atoms with Crippen molar-refractivity contribution in [2.24, 2.45) is 17.6 Å². The van der Waals surface area contributed by atoms with Crippen molar-refractivity contribution in [3.8, 4) is 0 Å². The van der Waals surface area contributed by atoms with Crippen molar-refractivity contribution < 1.29 is 22.7 Å². The fourth-order valence-corrected chi connectivity index (χ4v) is 5.07. The number of amides is 1. The second kappa shape index (κ2) is 7.23. The molecule has 9 heteroatoms. The SMILES string of the molecule is NC(c1nc2c(F)c(C3COCC3C(=O)N3CC(F)(F)C3)ccc2[nH]1)C1CCCC1. The molecule has 5 rings (SSSR count). The first-order valence-electron chi connectivity index (χ1n) is 10.5. The fraction of sp³-hybridized carbons (Fsp3) is 0.619. The summed E-state index contributed by atoms with van der Waals surface area (Å²) in [6.45, 7) is -0.903. The van der Waals surface area contributed by atoms with Crippen molar-refractivity contribution in [3.63, 3.8) is 0 Å². The number of ether oxygens (including phenoxy) is 1. The lowest BCUT2D eigenvalue weighted by Crippen LogP contribution is -2.60. The van der Waals surface area contributed by atoms with Crippen LogP contribution in [0.15, 0.2) is 12.1 Å². The highest BCUT2D eigenvalue weighted by molar-refractivity contribution is 5.82. The van der Waals surface area contributed by atoms with E-state index >= 15 is 4.39 Å². The third-order valence-corrected chi connectivity index (χ3v) is 6.82. The van der Waals surface area contributed by atoms with E-state index in [0.29, 0.717) is 22.8 Å². The largest absolute Gasteiger partial charge is 0.380 e. The highest BCUT2D eigenvalue weighted by Gasteiger charge is 2.50. The Bertz CT molecular complexity index is 965. The number of nitrogens with two attached hydrogens (primary N) is 1. The normalized spacial score (nSPS) is 27.5. The number of nitrogens with zero attached hydrogens (tertiary/aromatic N) is 2. The van der Waals surface area contributed by atoms with Gasteiger partial charge in [-0.15, -0.1) is 0 Å². The fourth-order valence-electron chi connectivity index (χ4n) is 5.07. The van der Waals surface area contributed by atoms with Gasteiger partial charge in [-0.1, -0.05) is 18.9 Å². The summed E-state index contributed by atoms with van der Waals surface area (Å²) in [5.74, 6) is -4.03. The van der Waals surface area contributed by atoms with Crippen LogP contribution in [0.1, 0.15) is 49.0 Å². The Hall–Kier alpha value is -2.13. The van der Waals surface area contributed by atoms with E-state index < -0.39 is 42.6 Å². The Morgan fingerprint density at radius 3 is 2.70 bits per heavy atom. The highest BCUT2D eigenvalue weighted by Crippen LogP contribution is 2.39. The minimum absolute atomic E-state index is 0.0986. The Labute approximate surface area is 172 Å². The molecule has 1 aromatic heterocycles. The lowest BCUT2D eigenvalue weighted by atomic mass is 9.86. The quantitative estimate of drug-likeness (QED) is 0.793. The van der Waals surface area contributed by atoms with Gasteiger partial charge in [-0.2, -0.15) is 0 Å². The number of imidazole rings is 1. The van der Waals surface area contributed by atoms with E-state index in [1.165, 1.54) is 0 Å². The number of alkyl halides is 2. The second-order valence-electron chi connectivity index (χ2n) is 8.86. The number of nitrogens with one attached hydrogen (secondary N) is 1. The van der Waals surface area contributed by atoms with Crippen LogP contribution in [0.3, 0.4) is 0 Å². The summed E-state index contributed by atoms with van der Waals surface area (Å²) >= 11 is 0. The van der Waals surface area contributed by atoms with Gasteiger partial charge in [0.15, 0.2) is 5.82 Å². The van der Waals surface area contributed by atoms with E-state index in [1.807, 2.05) is 0 Å². The number of benzene rings is 1. The monoisotopic (exact) mass is 422 g/mol. The zero-order chi connectivity index (χ0) is 21.0. The number of carbonyl (C=O) groups excluding carboxylic acids is 1. The Morgan fingerprint density at radius 2 is 2.00 bits per heavy atom. The van der Waals surface area contributed by atoms with Crippen molar-refractivity contribution in [1.82, 2.24) is 14.9 Å². The van der Waals surface area contributed by atoms with Crippen LogP contribution in [0.5, 0.6) is 0 Å². The number of aromatic nitrogens is 2. The minimum Gasteiger partial charge on any atom is -0.380 e. The summed E-state index contributed by atoms with van der Waals surface area (Å²) in [5.41, 5.74) is 7.45. The summed E-state index contributed by atoms with van der Waals surface area (Å²) in [7, 11) is 0. The Balaban J connectivity index is 1.41. The van der Waals surface area contributed by atoms with Gasteiger partial charge in [-0.3, -0.25) is 4.79 Å². The Kier molecular flexibility index (Phi) is 4.77. The topological polar surface area (TPSA) is 84.2 Å². The highest BCUT2D eigenvalue weighted by atomic mass is 19.3. The van der Waals surface area contributed by atoms with E-state index in [4.69, 9.17) is 10.5 Å². The molecule has 1 aromatic carbocycles. The van der Waals surface area contributed by atoms with E-state index in [0.717, 1.165) is 30.6 Å². The van der Waals surface area contributed by atoms with Gasteiger partial charge < -0.3 is 20.4 Å². The molecule has 1 aliphatic carbocycles. The van der Waals surface area contributed by atoms with Crippen molar-refractivity contribution in [2.45, 2.75) is 43.6 Å². The van der Waals surface area contributed by atoms with Gasteiger partial charge in [0.1, 0.15) is 11.3 Å². The first-order chi connectivity index (χ1) is 14.3. The molecule has 3 unspecified atom stereocenters. The Morgan fingerprint density at radius 1 is 1.27 bits per heavy atom. The number of hydrogen-bond acceptors (Lipinski definition) is 4. The third kappa shape index (κ3) is 3.28. The lowest BCUT2D eigenvalue weighted by molar-refractivity contribution is -0.169. The van der Waals surface area contributed by atoms with Gasteiger partial charge in [-0.25, -0.2) is 18.2 Å². The standard InChI is InChI=1S/C21H25F3N4O2/c22-16-12(13-7-30-8-14(13)20(29)28-9-21(23,24)10-28)5-6-15-18(16)27-19(26-15)17(25)11-3-1-2-4-11/h5-6,11,13-14,17H,1-4,7-10,25H2,(H,26,27). The molecular formula is C21H25F3N4O2. The molecule has 2 aromatic rings. The number of fused-ring (bicyclic) bond motifs is 1. The van der Waals surface area contributed by atoms with Crippen LogP contribution >= 0.6 is 0 Å². The van der Waals surface area contributed by atoms with Crippen LogP contribution in [0.4, 0.5) is 13.2 Å². The lowest BCUT2D eigenvalue weighted by Gasteiger charge is -2.40. The molecule has 1 saturated carbocycles. The van der Waals surface area contributed by atoms with Gasteiger partial charge >= 0.3 is 0 Å². The van der Waals surface area contributed by atoms with Gasteiger partial charge in [0, 0.05) is 5.92 Å². The van der Waals surface area contributed by atoms with Crippen LogP contribution in [0, 0.1) is 17.7 Å². The van der Waals surface area contributed by atoms with Crippen LogP contribution in [0.2, 0.25) is 0 Å². The number of rotatable bonds is 4. The summed E-state index contributed by atoms with van der Waals surface area (Å²) in [4.78, 5) is 21.4. The summed E-state index contributed by atoms with van der Waals surface area (Å²) in [5, 5.41) is 0. The van der Waals surface area contributed by atoms with Gasteiger partial charge in [0.25, 0.3) is 5.92 Å². The maximum atomic E-state index is 15.4. The van der Waals surface area contributed by atoms with Crippen LogP contribution in [-0.2, 0) is 9.53 Å². The predicted molar refractivity (Wildman–Crippen MR) is 104 cm³/mol. The number of hydrogen-bond donors (Lipinski definition) is 2. The van der Waals surface area contributed by atoms with Crippen molar-refractivity contribution >= 4 is 16.9 Å². The maximum Gasteiger partial charge on any atom is 0.282 e. The van der Waals surface area contributed by atoms with E-state index in [1.54, 1.807) is 12.1 Å². The number of carbonyl (C=O) groups is 1. The van der Waals surface area contributed by atoms with Crippen LogP contribution < -0.4 is 5.73 Å². The third-order valence-electron chi connectivity index (χ3n) is 6.82. The minimum atomic E-state index is -2.84. The summed E-state index contributed by atoms with van der Waals surface area (Å²) < 4.78 is 47.2. The zero-order valence-corrected chi connectivity index (χ0v) is 16.5. The average Bonchev–Trinajstić information content (AvgIpc) is 3.45. The molecule has 0 bridgehead atoms. The molecule has 1 amide bonds. The molecule has 2 aliphatic heterocycles. The average molecular weight is 422 g/mol. The van der Waals surface area contributed by atoms with Crippen molar-refractivity contribution in [1.29, 1.82) is 0 Å². The molecule has 0 spiro atoms. The summed E-state index contributed by atoms with van der Waals surface area (Å²) in [6.07, 6.45) is 4.39. The van der Waals surface area contributed by atoms with E-state index in [9.17, 15) is 13.6 Å². The van der Waals surface area contributed by atoms with Gasteiger partial charge in [0.2, 0.25) is 5.91 Å². The smallest absolute Gasteiger partial charge is 0.282 e. The molecule has 3 heterocycles. The molecule has 0 radical (unpaired) electrons. The van der Waals surface area contributed by atoms with E-state index in [2.05, 4.69) is 9.97 Å². The predicted octanol–water partition coefficient (Wildman–Crippen LogP) is 3.10. The number of halogens is 3. The van der Waals surface area contributed by atoms with Crippen molar-refractivity contribution in [2.75, 3.05) is 26.3 Å².